The van der Waals surface area contributed by atoms with E-state index in [1.807, 2.05) is 0 Å². The SMILES string of the molecule is NC(c1c(C(F)(F)F)ccc(C(F)(F)F)c1C(F)(F)F)C1CC1. The standard InChI is InChI=1S/C13H10F9N/c14-11(15,16)6-3-4-7(12(17,18)19)9(13(20,21)22)8(6)10(23)5-1-2-5/h3-5,10H,1-2,23H2. The van der Waals surface area contributed by atoms with Gasteiger partial charge in [-0.15, -0.1) is 0 Å². The van der Waals surface area contributed by atoms with Crippen molar-refractivity contribution in [3.05, 3.63) is 34.4 Å². The van der Waals surface area contributed by atoms with Crippen LogP contribution in [-0.2, 0) is 18.5 Å². The summed E-state index contributed by atoms with van der Waals surface area (Å²) in [5, 5.41) is 0. The van der Waals surface area contributed by atoms with E-state index in [2.05, 4.69) is 0 Å². The molecule has 0 amide bonds. The summed E-state index contributed by atoms with van der Waals surface area (Å²) in [6.07, 6.45) is -15.8. The van der Waals surface area contributed by atoms with Crippen LogP contribution in [0.15, 0.2) is 12.1 Å². The van der Waals surface area contributed by atoms with Crippen LogP contribution in [0.5, 0.6) is 0 Å². The second-order valence-electron chi connectivity index (χ2n) is 5.31. The van der Waals surface area contributed by atoms with Gasteiger partial charge in [0.05, 0.1) is 16.7 Å². The highest BCUT2D eigenvalue weighted by molar-refractivity contribution is 5.48. The Bertz CT molecular complexity index is 593. The average Bonchev–Trinajstić information content (AvgIpc) is 3.16. The molecule has 1 aliphatic carbocycles. The number of alkyl halides is 9. The summed E-state index contributed by atoms with van der Waals surface area (Å²) in [4.78, 5) is 0. The fraction of sp³-hybridized carbons (Fsp3) is 0.538. The van der Waals surface area contributed by atoms with Crippen LogP contribution in [-0.4, -0.2) is 0 Å². The van der Waals surface area contributed by atoms with E-state index in [4.69, 9.17) is 5.73 Å². The molecule has 1 saturated carbocycles. The van der Waals surface area contributed by atoms with Gasteiger partial charge in [0.2, 0.25) is 0 Å². The number of hydrogen-bond acceptors (Lipinski definition) is 1. The molecular formula is C13H10F9N. The molecule has 10 heteroatoms. The van der Waals surface area contributed by atoms with Gasteiger partial charge < -0.3 is 5.73 Å². The Morgan fingerprint density at radius 2 is 1.22 bits per heavy atom. The van der Waals surface area contributed by atoms with Crippen molar-refractivity contribution < 1.29 is 39.5 Å². The van der Waals surface area contributed by atoms with E-state index in [1.165, 1.54) is 0 Å². The van der Waals surface area contributed by atoms with Gasteiger partial charge in [-0.3, -0.25) is 0 Å². The Morgan fingerprint density at radius 3 is 1.57 bits per heavy atom. The van der Waals surface area contributed by atoms with Crippen LogP contribution in [0.25, 0.3) is 0 Å². The van der Waals surface area contributed by atoms with Crippen LogP contribution in [0.4, 0.5) is 39.5 Å². The summed E-state index contributed by atoms with van der Waals surface area (Å²) in [6.45, 7) is 0. The third kappa shape index (κ3) is 3.56. The lowest BCUT2D eigenvalue weighted by molar-refractivity contribution is -0.164. The lowest BCUT2D eigenvalue weighted by Gasteiger charge is -2.26. The van der Waals surface area contributed by atoms with Gasteiger partial charge in [-0.05, 0) is 36.5 Å². The number of hydrogen-bond donors (Lipinski definition) is 1. The molecule has 2 rings (SSSR count). The molecule has 1 unspecified atom stereocenters. The average molecular weight is 351 g/mol. The highest BCUT2D eigenvalue weighted by Gasteiger charge is 2.50. The minimum atomic E-state index is -5.62. The topological polar surface area (TPSA) is 26.0 Å². The van der Waals surface area contributed by atoms with Crippen LogP contribution in [0.2, 0.25) is 0 Å². The van der Waals surface area contributed by atoms with Crippen molar-refractivity contribution in [2.24, 2.45) is 11.7 Å². The number of rotatable bonds is 2. The predicted octanol–water partition coefficient (Wildman–Crippen LogP) is 5.15. The zero-order valence-corrected chi connectivity index (χ0v) is 11.2. The van der Waals surface area contributed by atoms with Gasteiger partial charge in [-0.1, -0.05) is 0 Å². The Kier molecular flexibility index (Phi) is 4.11. The normalized spacial score (nSPS) is 18.2. The highest BCUT2D eigenvalue weighted by atomic mass is 19.4. The summed E-state index contributed by atoms with van der Waals surface area (Å²) in [5.41, 5.74) is -2.38. The molecule has 2 N–H and O–H groups in total. The first-order valence-corrected chi connectivity index (χ1v) is 6.38. The van der Waals surface area contributed by atoms with E-state index in [1.54, 1.807) is 0 Å². The maximum Gasteiger partial charge on any atom is 0.417 e. The van der Waals surface area contributed by atoms with Crippen molar-refractivity contribution in [3.8, 4) is 0 Å². The monoisotopic (exact) mass is 351 g/mol. The fourth-order valence-corrected chi connectivity index (χ4v) is 2.45. The maximum absolute atomic E-state index is 13.1. The van der Waals surface area contributed by atoms with E-state index in [-0.39, 0.29) is 25.0 Å². The number of halogens is 9. The van der Waals surface area contributed by atoms with E-state index < -0.39 is 52.7 Å². The highest BCUT2D eigenvalue weighted by Crippen LogP contribution is 2.51. The van der Waals surface area contributed by atoms with Crippen molar-refractivity contribution >= 4 is 0 Å². The summed E-state index contributed by atoms with van der Waals surface area (Å²) < 4.78 is 117. The van der Waals surface area contributed by atoms with E-state index in [0.717, 1.165) is 0 Å². The zero-order valence-electron chi connectivity index (χ0n) is 11.2. The molecule has 1 nitrogen and oxygen atoms in total. The molecule has 0 aliphatic heterocycles. The lowest BCUT2D eigenvalue weighted by atomic mass is 9.88. The summed E-state index contributed by atoms with van der Waals surface area (Å²) in [5.74, 6) is -0.694. The van der Waals surface area contributed by atoms with Crippen LogP contribution < -0.4 is 5.73 Å². The molecule has 1 aromatic carbocycles. The molecular weight excluding hydrogens is 341 g/mol. The van der Waals surface area contributed by atoms with E-state index in [0.29, 0.717) is 0 Å². The summed E-state index contributed by atoms with van der Waals surface area (Å²) in [7, 11) is 0. The van der Waals surface area contributed by atoms with Crippen molar-refractivity contribution in [3.63, 3.8) is 0 Å². The Morgan fingerprint density at radius 1 is 0.783 bits per heavy atom. The molecule has 0 radical (unpaired) electrons. The minimum absolute atomic E-state index is 0.00956. The van der Waals surface area contributed by atoms with Crippen molar-refractivity contribution in [2.75, 3.05) is 0 Å². The third-order valence-corrected chi connectivity index (χ3v) is 3.60. The second kappa shape index (κ2) is 5.29. The minimum Gasteiger partial charge on any atom is -0.324 e. The van der Waals surface area contributed by atoms with Gasteiger partial charge in [-0.2, -0.15) is 39.5 Å². The first kappa shape index (κ1) is 17.9. The second-order valence-corrected chi connectivity index (χ2v) is 5.31. The largest absolute Gasteiger partial charge is 0.417 e. The summed E-state index contributed by atoms with van der Waals surface area (Å²) >= 11 is 0. The van der Waals surface area contributed by atoms with Gasteiger partial charge >= 0.3 is 18.5 Å². The van der Waals surface area contributed by atoms with Crippen LogP contribution in [0.3, 0.4) is 0 Å². The van der Waals surface area contributed by atoms with E-state index in [9.17, 15) is 39.5 Å². The number of nitrogens with two attached hydrogens (primary N) is 1. The Hall–Kier alpha value is -1.45. The van der Waals surface area contributed by atoms with Gasteiger partial charge in [0.1, 0.15) is 0 Å². The summed E-state index contributed by atoms with van der Waals surface area (Å²) in [6, 6.07) is -1.95. The van der Waals surface area contributed by atoms with Crippen LogP contribution in [0.1, 0.15) is 41.1 Å². The van der Waals surface area contributed by atoms with Crippen LogP contribution in [0, 0.1) is 5.92 Å². The van der Waals surface area contributed by atoms with Crippen LogP contribution >= 0.6 is 0 Å². The van der Waals surface area contributed by atoms with Crippen molar-refractivity contribution in [1.82, 2.24) is 0 Å². The molecule has 1 aliphatic rings. The first-order chi connectivity index (χ1) is 10.2. The quantitative estimate of drug-likeness (QED) is 0.733. The molecule has 0 saturated heterocycles. The molecule has 1 fully saturated rings. The van der Waals surface area contributed by atoms with Crippen molar-refractivity contribution in [2.45, 2.75) is 37.4 Å². The fourth-order valence-electron chi connectivity index (χ4n) is 2.45. The van der Waals surface area contributed by atoms with Gasteiger partial charge in [-0.25, -0.2) is 0 Å². The van der Waals surface area contributed by atoms with Gasteiger partial charge in [0.25, 0.3) is 0 Å². The molecule has 0 bridgehead atoms. The zero-order chi connectivity index (χ0) is 17.8. The molecule has 130 valence electrons. The molecule has 0 spiro atoms. The lowest BCUT2D eigenvalue weighted by Crippen LogP contribution is -2.27. The van der Waals surface area contributed by atoms with E-state index >= 15 is 0 Å². The van der Waals surface area contributed by atoms with Gasteiger partial charge in [0.15, 0.2) is 0 Å². The molecule has 1 aromatic rings. The molecule has 0 heterocycles. The molecule has 23 heavy (non-hydrogen) atoms. The predicted molar refractivity (Wildman–Crippen MR) is 61.1 cm³/mol. The maximum atomic E-state index is 13.1. The number of benzene rings is 1. The van der Waals surface area contributed by atoms with Gasteiger partial charge in [0, 0.05) is 6.04 Å². The Balaban J connectivity index is 2.84. The van der Waals surface area contributed by atoms with Crippen molar-refractivity contribution in [1.29, 1.82) is 0 Å². The first-order valence-electron chi connectivity index (χ1n) is 6.38. The molecule has 1 atom stereocenters. The Labute approximate surface area is 124 Å². The smallest absolute Gasteiger partial charge is 0.324 e. The third-order valence-electron chi connectivity index (χ3n) is 3.60. The molecule has 0 aromatic heterocycles.